The lowest BCUT2D eigenvalue weighted by atomic mass is 9.91. The molecule has 0 N–H and O–H groups in total. The monoisotopic (exact) mass is 177 g/mol. The second-order valence-corrected chi connectivity index (χ2v) is 2.06. The third-order valence-electron chi connectivity index (χ3n) is 1.18. The van der Waals surface area contributed by atoms with Crippen LogP contribution in [0.25, 0.3) is 0 Å². The minimum absolute atomic E-state index is 0.207. The maximum Gasteiger partial charge on any atom is 0.546 e. The first kappa shape index (κ1) is 8.83. The zero-order chi connectivity index (χ0) is 9.19. The van der Waals surface area contributed by atoms with Crippen molar-refractivity contribution in [2.75, 3.05) is 7.11 Å². The van der Waals surface area contributed by atoms with Crippen LogP contribution >= 0.6 is 0 Å². The van der Waals surface area contributed by atoms with Gasteiger partial charge in [0.05, 0.1) is 25.2 Å². The number of halogens is 3. The van der Waals surface area contributed by atoms with Gasteiger partial charge >= 0.3 is 6.98 Å². The lowest BCUT2D eigenvalue weighted by Crippen LogP contribution is -2.39. The molecule has 0 aliphatic rings. The molecule has 1 heterocycles. The molecule has 0 saturated carbocycles. The molecule has 1 rings (SSSR count). The Morgan fingerprint density at radius 2 is 1.75 bits per heavy atom. The van der Waals surface area contributed by atoms with E-state index in [0.29, 0.717) is 0 Å². The van der Waals surface area contributed by atoms with E-state index in [1.165, 1.54) is 7.11 Å². The fourth-order valence-corrected chi connectivity index (χ4v) is 0.601. The second kappa shape index (κ2) is 3.00. The van der Waals surface area contributed by atoms with Crippen LogP contribution in [-0.2, 0) is 0 Å². The Kier molecular flexibility index (Phi) is 2.21. The predicted molar refractivity (Wildman–Crippen MR) is 37.3 cm³/mol. The van der Waals surface area contributed by atoms with E-state index in [1.54, 1.807) is 0 Å². The Balaban J connectivity index is 2.93. The molecule has 0 radical (unpaired) electrons. The molecule has 66 valence electrons. The SMILES string of the molecule is COc1cnc([B-](F)(F)F)nc1. The number of ether oxygens (including phenoxy) is 1. The number of aromatic nitrogens is 2. The van der Waals surface area contributed by atoms with Gasteiger partial charge in [-0.05, 0) is 0 Å². The summed E-state index contributed by atoms with van der Waals surface area (Å²) in [6.07, 6.45) is 1.97. The van der Waals surface area contributed by atoms with E-state index in [2.05, 4.69) is 14.7 Å². The maximum absolute atomic E-state index is 11.9. The van der Waals surface area contributed by atoms with Gasteiger partial charge in [-0.2, -0.15) is 0 Å². The summed E-state index contributed by atoms with van der Waals surface area (Å²) in [5.74, 6) is 0.207. The van der Waals surface area contributed by atoms with E-state index in [-0.39, 0.29) is 5.75 Å². The molecule has 12 heavy (non-hydrogen) atoms. The largest absolute Gasteiger partial charge is 0.546 e. The molecule has 1 aromatic heterocycles. The molecule has 0 spiro atoms. The maximum atomic E-state index is 11.9. The molecule has 0 aromatic carbocycles. The van der Waals surface area contributed by atoms with Crippen molar-refractivity contribution in [2.45, 2.75) is 0 Å². The van der Waals surface area contributed by atoms with Crippen molar-refractivity contribution in [1.29, 1.82) is 0 Å². The van der Waals surface area contributed by atoms with Gasteiger partial charge in [0.15, 0.2) is 5.75 Å². The molecule has 7 heteroatoms. The quantitative estimate of drug-likeness (QED) is 0.618. The van der Waals surface area contributed by atoms with Crippen LogP contribution in [0.2, 0.25) is 0 Å². The second-order valence-electron chi connectivity index (χ2n) is 2.06. The van der Waals surface area contributed by atoms with Crippen molar-refractivity contribution in [3.63, 3.8) is 0 Å². The zero-order valence-electron chi connectivity index (χ0n) is 6.17. The van der Waals surface area contributed by atoms with Crippen molar-refractivity contribution in [1.82, 2.24) is 9.97 Å². The molecule has 0 aliphatic heterocycles. The van der Waals surface area contributed by atoms with Crippen LogP contribution < -0.4 is 10.5 Å². The molecule has 0 fully saturated rings. The number of nitrogens with zero attached hydrogens (tertiary/aromatic N) is 2. The van der Waals surface area contributed by atoms with Gasteiger partial charge in [0.25, 0.3) is 0 Å². The molecule has 1 aromatic rings. The zero-order valence-corrected chi connectivity index (χ0v) is 6.17. The van der Waals surface area contributed by atoms with Gasteiger partial charge in [-0.25, -0.2) is 0 Å². The highest BCUT2D eigenvalue weighted by molar-refractivity contribution is 6.71. The van der Waals surface area contributed by atoms with Gasteiger partial charge in [0, 0.05) is 0 Å². The minimum Gasteiger partial charge on any atom is -0.494 e. The lowest BCUT2D eigenvalue weighted by Gasteiger charge is -2.11. The first-order chi connectivity index (χ1) is 5.54. The van der Waals surface area contributed by atoms with Gasteiger partial charge in [0.2, 0.25) is 0 Å². The molecule has 0 saturated heterocycles. The van der Waals surface area contributed by atoms with Crippen molar-refractivity contribution < 1.29 is 17.7 Å². The van der Waals surface area contributed by atoms with Crippen LogP contribution in [0.1, 0.15) is 0 Å². The highest BCUT2D eigenvalue weighted by atomic mass is 19.4. The fraction of sp³-hybridized carbons (Fsp3) is 0.200. The summed E-state index contributed by atoms with van der Waals surface area (Å²) < 4.78 is 40.4. The van der Waals surface area contributed by atoms with Crippen LogP contribution in [0.15, 0.2) is 12.4 Å². The van der Waals surface area contributed by atoms with E-state index < -0.39 is 12.7 Å². The third-order valence-corrected chi connectivity index (χ3v) is 1.18. The summed E-state index contributed by atoms with van der Waals surface area (Å²) in [6.45, 7) is -5.10. The summed E-state index contributed by atoms with van der Waals surface area (Å²) in [6, 6.07) is 0. The summed E-state index contributed by atoms with van der Waals surface area (Å²) in [4.78, 5) is 6.17. The molecular weight excluding hydrogens is 172 g/mol. The van der Waals surface area contributed by atoms with Crippen LogP contribution in [0.4, 0.5) is 12.9 Å². The van der Waals surface area contributed by atoms with E-state index >= 15 is 0 Å². The van der Waals surface area contributed by atoms with Gasteiger partial charge in [-0.1, -0.05) is 0 Å². The summed E-state index contributed by atoms with van der Waals surface area (Å²) >= 11 is 0. The van der Waals surface area contributed by atoms with Gasteiger partial charge < -0.3 is 17.7 Å². The Morgan fingerprint density at radius 3 is 2.08 bits per heavy atom. The fourth-order valence-electron chi connectivity index (χ4n) is 0.601. The van der Waals surface area contributed by atoms with Gasteiger partial charge in [0.1, 0.15) is 0 Å². The van der Waals surface area contributed by atoms with Gasteiger partial charge in [-0.15, -0.1) is 0 Å². The van der Waals surface area contributed by atoms with E-state index in [9.17, 15) is 12.9 Å². The molecule has 0 aliphatic carbocycles. The number of hydrogen-bond donors (Lipinski definition) is 0. The number of rotatable bonds is 2. The normalized spacial score (nSPS) is 11.3. The van der Waals surface area contributed by atoms with Crippen molar-refractivity contribution >= 4 is 12.7 Å². The summed E-state index contributed by atoms with van der Waals surface area (Å²) in [7, 11) is 1.33. The van der Waals surface area contributed by atoms with Gasteiger partial charge in [-0.3, -0.25) is 9.97 Å². The molecule has 3 nitrogen and oxygen atoms in total. The predicted octanol–water partition coefficient (Wildman–Crippen LogP) is 0.540. The van der Waals surface area contributed by atoms with Crippen molar-refractivity contribution in [2.24, 2.45) is 0 Å². The molecular formula is C5H5BF3N2O-. The molecule has 0 atom stereocenters. The minimum atomic E-state index is -5.10. The lowest BCUT2D eigenvalue weighted by molar-refractivity contribution is 0.410. The third kappa shape index (κ3) is 1.87. The number of hydrogen-bond acceptors (Lipinski definition) is 3. The summed E-state index contributed by atoms with van der Waals surface area (Å²) in [5, 5.41) is 0. The average molecular weight is 177 g/mol. The Bertz CT molecular complexity index is 260. The Labute approximate surface area is 66.7 Å². The van der Waals surface area contributed by atoms with Crippen LogP contribution in [0, 0.1) is 0 Å². The Hall–Kier alpha value is -1.27. The Morgan fingerprint density at radius 1 is 1.25 bits per heavy atom. The van der Waals surface area contributed by atoms with E-state index in [1.807, 2.05) is 0 Å². The number of methoxy groups -OCH3 is 1. The average Bonchev–Trinajstić information content (AvgIpc) is 2.03. The van der Waals surface area contributed by atoms with Crippen LogP contribution in [-0.4, -0.2) is 24.1 Å². The van der Waals surface area contributed by atoms with Crippen LogP contribution in [0.3, 0.4) is 0 Å². The van der Waals surface area contributed by atoms with E-state index in [4.69, 9.17) is 0 Å². The van der Waals surface area contributed by atoms with E-state index in [0.717, 1.165) is 12.4 Å². The van der Waals surface area contributed by atoms with Crippen molar-refractivity contribution in [3.8, 4) is 5.75 Å². The highest BCUT2D eigenvalue weighted by Gasteiger charge is 2.29. The topological polar surface area (TPSA) is 35.0 Å². The standard InChI is InChI=1S/C5H5BF3N2O/c1-12-4-2-10-5(11-3-4)6(7,8)9/h2-3H,1H3/q-1. The van der Waals surface area contributed by atoms with Crippen molar-refractivity contribution in [3.05, 3.63) is 12.4 Å². The summed E-state index contributed by atoms with van der Waals surface area (Å²) in [5.41, 5.74) is -1.10. The molecule has 0 bridgehead atoms. The molecule has 0 amide bonds. The molecule has 0 unspecified atom stereocenters. The first-order valence-electron chi connectivity index (χ1n) is 3.10. The van der Waals surface area contributed by atoms with Crippen LogP contribution in [0.5, 0.6) is 5.75 Å². The highest BCUT2D eigenvalue weighted by Crippen LogP contribution is 2.07. The smallest absolute Gasteiger partial charge is 0.494 e. The first-order valence-corrected chi connectivity index (χ1v) is 3.10.